The summed E-state index contributed by atoms with van der Waals surface area (Å²) in [4.78, 5) is 33.3. The average molecular weight is 691 g/mol. The number of likely N-dealkylation sites (tertiary alicyclic amines) is 1. The SMILES string of the molecule is CO[C@@](C(=O)NC[C@@H](O)CN1CN(c2ccc(F)cc2)C2(CCN(C3Cc4cccc5cccc3c45)CC2)C1=O)(c1ccccc1)C(F)(F)F. The standard InChI is InChI=1S/C38H38F4N4O4/c1-50-37(38(40,41)42,27-10-3-2-4-11-27)34(48)43-22-30(47)23-45-24-46(29-15-13-28(39)14-16-29)36(35(45)49)17-19-44(20-18-36)32-21-26-9-5-7-25-8-6-12-31(32)33(25)26/h2-16,30,32,47H,17-24H2,1H3,(H,43,48)/t30-,32?,37-/m1/s1. The van der Waals surface area contributed by atoms with Crippen LogP contribution in [0.4, 0.5) is 23.2 Å². The van der Waals surface area contributed by atoms with E-state index in [1.54, 1.807) is 12.1 Å². The number of rotatable bonds is 9. The molecule has 50 heavy (non-hydrogen) atoms. The largest absolute Gasteiger partial charge is 0.430 e. The number of aliphatic hydroxyl groups is 1. The lowest BCUT2D eigenvalue weighted by molar-refractivity contribution is -0.265. The lowest BCUT2D eigenvalue weighted by Crippen LogP contribution is -2.57. The highest BCUT2D eigenvalue weighted by atomic mass is 19.4. The Hall–Kier alpha value is -4.52. The van der Waals surface area contributed by atoms with Crippen LogP contribution in [0, 0.1) is 5.82 Å². The highest BCUT2D eigenvalue weighted by molar-refractivity contribution is 5.94. The van der Waals surface area contributed by atoms with Crippen molar-refractivity contribution >= 4 is 28.3 Å². The van der Waals surface area contributed by atoms with Crippen LogP contribution in [0.1, 0.15) is 35.6 Å². The van der Waals surface area contributed by atoms with Crippen molar-refractivity contribution in [3.05, 3.63) is 114 Å². The summed E-state index contributed by atoms with van der Waals surface area (Å²) in [6, 6.07) is 25.4. The first kappa shape index (κ1) is 34.0. The molecule has 1 spiro atoms. The van der Waals surface area contributed by atoms with Gasteiger partial charge in [0.05, 0.1) is 19.3 Å². The van der Waals surface area contributed by atoms with Gasteiger partial charge in [0.1, 0.15) is 11.4 Å². The third kappa shape index (κ3) is 5.59. The number of carbonyl (C=O) groups excluding carboxylic acids is 2. The number of methoxy groups -OCH3 is 1. The summed E-state index contributed by atoms with van der Waals surface area (Å²) in [5, 5.41) is 15.7. The zero-order chi connectivity index (χ0) is 35.3. The first-order valence-corrected chi connectivity index (χ1v) is 16.7. The molecule has 0 radical (unpaired) electrons. The van der Waals surface area contributed by atoms with Crippen LogP contribution >= 0.6 is 0 Å². The predicted octanol–water partition coefficient (Wildman–Crippen LogP) is 5.30. The molecule has 7 rings (SSSR count). The number of hydrogen-bond donors (Lipinski definition) is 2. The van der Waals surface area contributed by atoms with Crippen LogP contribution in [0.5, 0.6) is 0 Å². The quantitative estimate of drug-likeness (QED) is 0.232. The van der Waals surface area contributed by atoms with Crippen molar-refractivity contribution in [1.82, 2.24) is 15.1 Å². The van der Waals surface area contributed by atoms with E-state index in [2.05, 4.69) is 46.6 Å². The summed E-state index contributed by atoms with van der Waals surface area (Å²) < 4.78 is 61.9. The number of piperidine rings is 1. The van der Waals surface area contributed by atoms with Crippen LogP contribution in [0.3, 0.4) is 0 Å². The van der Waals surface area contributed by atoms with Gasteiger partial charge in [-0.3, -0.25) is 14.5 Å². The van der Waals surface area contributed by atoms with Gasteiger partial charge in [-0.15, -0.1) is 0 Å². The maximum atomic E-state index is 14.4. The molecule has 4 aromatic rings. The van der Waals surface area contributed by atoms with E-state index in [4.69, 9.17) is 4.74 Å². The monoisotopic (exact) mass is 690 g/mol. The van der Waals surface area contributed by atoms with Crippen LogP contribution in [0.25, 0.3) is 10.8 Å². The van der Waals surface area contributed by atoms with Gasteiger partial charge in [-0.25, -0.2) is 4.39 Å². The van der Waals surface area contributed by atoms with Crippen LogP contribution in [0.15, 0.2) is 91.0 Å². The van der Waals surface area contributed by atoms with Gasteiger partial charge >= 0.3 is 6.18 Å². The Morgan fingerprint density at radius 2 is 1.66 bits per heavy atom. The van der Waals surface area contributed by atoms with E-state index in [0.717, 1.165) is 25.7 Å². The van der Waals surface area contributed by atoms with E-state index in [9.17, 15) is 32.3 Å². The first-order valence-electron chi connectivity index (χ1n) is 16.7. The molecule has 2 N–H and O–H groups in total. The fourth-order valence-electron chi connectivity index (χ4n) is 8.18. The minimum atomic E-state index is -5.10. The Morgan fingerprint density at radius 3 is 2.32 bits per heavy atom. The van der Waals surface area contributed by atoms with E-state index in [1.807, 2.05) is 4.90 Å². The number of ether oxygens (including phenoxy) is 1. The highest BCUT2D eigenvalue weighted by Crippen LogP contribution is 2.46. The lowest BCUT2D eigenvalue weighted by atomic mass is 9.84. The number of halogens is 4. The number of benzene rings is 4. The number of β-amino-alcohol motifs (C(OH)–C–C–N with tert-alkyl or cyclic N) is 1. The van der Waals surface area contributed by atoms with E-state index < -0.39 is 47.3 Å². The van der Waals surface area contributed by atoms with Gasteiger partial charge in [0, 0.05) is 44.0 Å². The van der Waals surface area contributed by atoms with Crippen LogP contribution in [-0.2, 0) is 26.3 Å². The average Bonchev–Trinajstić information content (AvgIpc) is 3.61. The molecule has 3 atom stereocenters. The predicted molar refractivity (Wildman–Crippen MR) is 180 cm³/mol. The lowest BCUT2D eigenvalue weighted by Gasteiger charge is -2.45. The second kappa shape index (κ2) is 13.0. The molecule has 2 aliphatic heterocycles. The van der Waals surface area contributed by atoms with Gasteiger partial charge in [-0.05, 0) is 65.4 Å². The van der Waals surface area contributed by atoms with Crippen molar-refractivity contribution < 1.29 is 37.0 Å². The van der Waals surface area contributed by atoms with Crippen LogP contribution < -0.4 is 10.2 Å². The summed E-state index contributed by atoms with van der Waals surface area (Å²) in [5.74, 6) is -2.12. The maximum Gasteiger partial charge on any atom is 0.430 e. The second-order valence-corrected chi connectivity index (χ2v) is 13.3. The topological polar surface area (TPSA) is 85.3 Å². The Labute approximate surface area is 287 Å². The molecule has 2 fully saturated rings. The van der Waals surface area contributed by atoms with Gasteiger partial charge in [-0.1, -0.05) is 66.7 Å². The summed E-state index contributed by atoms with van der Waals surface area (Å²) in [6.45, 7) is 0.543. The summed E-state index contributed by atoms with van der Waals surface area (Å²) >= 11 is 0. The Kier molecular flexibility index (Phi) is 8.82. The van der Waals surface area contributed by atoms with Crippen molar-refractivity contribution in [2.24, 2.45) is 0 Å². The molecular weight excluding hydrogens is 652 g/mol. The third-order valence-electron chi connectivity index (χ3n) is 10.6. The Balaban J connectivity index is 1.07. The molecule has 12 heteroatoms. The normalized spacial score (nSPS) is 20.8. The molecule has 262 valence electrons. The zero-order valence-corrected chi connectivity index (χ0v) is 27.5. The van der Waals surface area contributed by atoms with E-state index >= 15 is 0 Å². The van der Waals surface area contributed by atoms with Gasteiger partial charge in [0.2, 0.25) is 5.91 Å². The number of nitrogens with zero attached hydrogens (tertiary/aromatic N) is 3. The minimum absolute atomic E-state index is 0.0816. The number of alkyl halides is 3. The molecule has 3 aliphatic rings. The zero-order valence-electron chi connectivity index (χ0n) is 27.5. The molecule has 0 saturated carbocycles. The maximum absolute atomic E-state index is 14.4. The number of amides is 2. The fourth-order valence-corrected chi connectivity index (χ4v) is 8.18. The molecule has 0 bridgehead atoms. The van der Waals surface area contributed by atoms with Crippen molar-refractivity contribution in [1.29, 1.82) is 0 Å². The molecule has 2 heterocycles. The molecule has 1 unspecified atom stereocenters. The number of carbonyl (C=O) groups is 2. The molecule has 2 amide bonds. The Morgan fingerprint density at radius 1 is 0.980 bits per heavy atom. The molecule has 8 nitrogen and oxygen atoms in total. The van der Waals surface area contributed by atoms with Crippen molar-refractivity contribution in [2.45, 2.75) is 48.7 Å². The van der Waals surface area contributed by atoms with Gasteiger partial charge < -0.3 is 25.0 Å². The molecule has 0 aromatic heterocycles. The van der Waals surface area contributed by atoms with Gasteiger partial charge in [0.15, 0.2) is 0 Å². The highest BCUT2D eigenvalue weighted by Gasteiger charge is 2.62. The van der Waals surface area contributed by atoms with E-state index in [1.165, 1.54) is 57.1 Å². The number of nitrogens with one attached hydrogen (secondary N) is 1. The number of hydrogen-bond acceptors (Lipinski definition) is 6. The number of aliphatic hydroxyl groups excluding tert-OH is 1. The molecule has 2 saturated heterocycles. The smallest absolute Gasteiger partial charge is 0.389 e. The third-order valence-corrected chi connectivity index (χ3v) is 10.6. The van der Waals surface area contributed by atoms with Crippen LogP contribution in [0.2, 0.25) is 0 Å². The Bertz CT molecular complexity index is 1880. The van der Waals surface area contributed by atoms with Gasteiger partial charge in [0.25, 0.3) is 11.5 Å². The fraction of sp³-hybridized carbons (Fsp3) is 0.368. The molecular formula is C38H38F4N4O4. The number of anilines is 1. The van der Waals surface area contributed by atoms with Crippen molar-refractivity contribution in [2.75, 3.05) is 44.9 Å². The summed E-state index contributed by atoms with van der Waals surface area (Å²) in [5.41, 5.74) is -1.43. The van der Waals surface area contributed by atoms with Crippen LogP contribution in [-0.4, -0.2) is 84.5 Å². The molecule has 4 aromatic carbocycles. The molecule has 1 aliphatic carbocycles. The van der Waals surface area contributed by atoms with E-state index in [-0.39, 0.29) is 25.2 Å². The van der Waals surface area contributed by atoms with Crippen molar-refractivity contribution in [3.63, 3.8) is 0 Å². The first-order chi connectivity index (χ1) is 24.0. The van der Waals surface area contributed by atoms with E-state index in [0.29, 0.717) is 31.6 Å². The summed E-state index contributed by atoms with van der Waals surface area (Å²) in [7, 11) is 0.806. The minimum Gasteiger partial charge on any atom is -0.389 e. The second-order valence-electron chi connectivity index (χ2n) is 13.3. The van der Waals surface area contributed by atoms with Crippen molar-refractivity contribution in [3.8, 4) is 0 Å². The summed E-state index contributed by atoms with van der Waals surface area (Å²) in [6.07, 6.45) is -4.65. The van der Waals surface area contributed by atoms with Gasteiger partial charge in [-0.2, -0.15) is 13.2 Å².